The zero-order valence-corrected chi connectivity index (χ0v) is 28.3. The molecule has 5 rings (SSSR count). The molecule has 2 aliphatic heterocycles. The van der Waals surface area contributed by atoms with Gasteiger partial charge in [-0.1, -0.05) is 61.9 Å². The van der Waals surface area contributed by atoms with Gasteiger partial charge in [-0.25, -0.2) is 14.8 Å². The molecule has 262 valence electrons. The van der Waals surface area contributed by atoms with Crippen LogP contribution in [0.3, 0.4) is 0 Å². The van der Waals surface area contributed by atoms with Crippen molar-refractivity contribution in [3.8, 4) is 11.4 Å². The Kier molecular flexibility index (Phi) is 12.0. The van der Waals surface area contributed by atoms with Crippen molar-refractivity contribution in [2.45, 2.75) is 38.3 Å². The number of unbranched alkanes of at least 4 members (excludes halogenated alkanes) is 1. The number of amides is 2. The van der Waals surface area contributed by atoms with Crippen LogP contribution in [0.5, 0.6) is 0 Å². The average molecular weight is 697 g/mol. The summed E-state index contributed by atoms with van der Waals surface area (Å²) in [5, 5.41) is 12.9. The number of nitrogens with one attached hydrogen (secondary N) is 1. The van der Waals surface area contributed by atoms with E-state index in [4.69, 9.17) is 24.2 Å². The Morgan fingerprint density at radius 3 is 2.41 bits per heavy atom. The van der Waals surface area contributed by atoms with E-state index >= 15 is 0 Å². The van der Waals surface area contributed by atoms with E-state index in [2.05, 4.69) is 10.3 Å². The van der Waals surface area contributed by atoms with Gasteiger partial charge in [0.05, 0.1) is 31.1 Å². The molecule has 3 atom stereocenters. The number of aromatic nitrogens is 2. The Hall–Kier alpha value is -4.40. The van der Waals surface area contributed by atoms with Gasteiger partial charge in [-0.05, 0) is 24.5 Å². The summed E-state index contributed by atoms with van der Waals surface area (Å²) in [5.74, 6) is -0.444. The second-order valence-corrected chi connectivity index (χ2v) is 13.5. The zero-order chi connectivity index (χ0) is 35.0. The van der Waals surface area contributed by atoms with Crippen LogP contribution < -0.4 is 15.5 Å². The van der Waals surface area contributed by atoms with E-state index in [1.807, 2.05) is 42.2 Å². The Bertz CT molecular complexity index is 1670. The number of piperazine rings is 1. The quantitative estimate of drug-likeness (QED) is 0.175. The van der Waals surface area contributed by atoms with Gasteiger partial charge in [-0.15, -0.1) is 5.06 Å². The molecule has 3 heterocycles. The van der Waals surface area contributed by atoms with Gasteiger partial charge in [0.15, 0.2) is 5.82 Å². The molecule has 3 N–H and O–H groups in total. The van der Waals surface area contributed by atoms with Crippen LogP contribution in [-0.2, 0) is 23.5 Å². The third-order valence-corrected chi connectivity index (χ3v) is 9.92. The summed E-state index contributed by atoms with van der Waals surface area (Å²) in [5.41, 5.74) is 0.768. The van der Waals surface area contributed by atoms with Crippen molar-refractivity contribution >= 4 is 36.7 Å². The lowest BCUT2D eigenvalue weighted by Gasteiger charge is -2.35. The molecular weight excluding hydrogens is 655 g/mol. The highest BCUT2D eigenvalue weighted by Crippen LogP contribution is 2.43. The van der Waals surface area contributed by atoms with Crippen LogP contribution in [-0.4, -0.2) is 107 Å². The topological polar surface area (TPSA) is 184 Å². The van der Waals surface area contributed by atoms with E-state index in [1.165, 1.54) is 22.1 Å². The SMILES string of the molecule is CCCCOP(=O)(O)c1ccccc1C(NC(=O)c1cc(N2CC[C@H](OC)C2)nc(-c2ccccc2)n1)C(=O)N1CCN(OC(=O)O)CC1. The monoisotopic (exact) mass is 696 g/mol. The highest BCUT2D eigenvalue weighted by Gasteiger charge is 2.37. The second-order valence-electron chi connectivity index (χ2n) is 11.7. The van der Waals surface area contributed by atoms with Crippen molar-refractivity contribution < 1.29 is 43.0 Å². The molecule has 0 bridgehead atoms. The first-order chi connectivity index (χ1) is 23.6. The number of carboxylic acid groups (broad SMARTS) is 1. The number of hydrogen-bond acceptors (Lipinski definition) is 11. The van der Waals surface area contributed by atoms with Crippen LogP contribution in [0.4, 0.5) is 10.6 Å². The van der Waals surface area contributed by atoms with Gasteiger partial charge in [0, 0.05) is 44.9 Å². The van der Waals surface area contributed by atoms with E-state index in [0.717, 1.165) is 12.8 Å². The number of rotatable bonds is 13. The van der Waals surface area contributed by atoms with E-state index < -0.39 is 31.6 Å². The average Bonchev–Trinajstić information content (AvgIpc) is 3.60. The number of hydroxylamine groups is 2. The van der Waals surface area contributed by atoms with Gasteiger partial charge in [0.1, 0.15) is 17.6 Å². The number of nitrogens with zero attached hydrogens (tertiary/aromatic N) is 5. The predicted octanol–water partition coefficient (Wildman–Crippen LogP) is 3.22. The lowest BCUT2D eigenvalue weighted by atomic mass is 10.0. The molecule has 3 aromatic rings. The third kappa shape index (κ3) is 8.99. The minimum Gasteiger partial charge on any atom is -0.448 e. The number of ether oxygens (including phenoxy) is 1. The Morgan fingerprint density at radius 2 is 1.73 bits per heavy atom. The van der Waals surface area contributed by atoms with Crippen molar-refractivity contribution in [3.05, 3.63) is 71.9 Å². The van der Waals surface area contributed by atoms with Gasteiger partial charge in [0.25, 0.3) is 5.91 Å². The summed E-state index contributed by atoms with van der Waals surface area (Å²) < 4.78 is 24.5. The number of anilines is 1. The highest BCUT2D eigenvalue weighted by molar-refractivity contribution is 7.61. The third-order valence-electron chi connectivity index (χ3n) is 8.38. The first kappa shape index (κ1) is 35.9. The number of methoxy groups -OCH3 is 1. The minimum atomic E-state index is -4.43. The number of carbonyl (C=O) groups is 3. The molecule has 0 aliphatic carbocycles. The first-order valence-corrected chi connectivity index (χ1v) is 17.7. The molecular formula is C33H41N6O9P. The molecule has 2 unspecified atom stereocenters. The van der Waals surface area contributed by atoms with Crippen LogP contribution in [0.25, 0.3) is 11.4 Å². The van der Waals surface area contributed by atoms with E-state index in [0.29, 0.717) is 36.7 Å². The lowest BCUT2D eigenvalue weighted by Crippen LogP contribution is -2.52. The first-order valence-electron chi connectivity index (χ1n) is 16.1. The molecule has 49 heavy (non-hydrogen) atoms. The fourth-order valence-corrected chi connectivity index (χ4v) is 7.04. The van der Waals surface area contributed by atoms with Gasteiger partial charge in [0.2, 0.25) is 5.91 Å². The molecule has 15 nitrogen and oxygen atoms in total. The van der Waals surface area contributed by atoms with Crippen LogP contribution in [0.1, 0.15) is 48.3 Å². The molecule has 2 amide bonds. The normalized spacial score (nSPS) is 18.5. The molecule has 0 saturated carbocycles. The molecule has 2 saturated heterocycles. The Labute approximate surface area is 284 Å². The molecule has 2 fully saturated rings. The van der Waals surface area contributed by atoms with Crippen LogP contribution in [0.15, 0.2) is 60.7 Å². The van der Waals surface area contributed by atoms with Gasteiger partial charge >= 0.3 is 13.8 Å². The summed E-state index contributed by atoms with van der Waals surface area (Å²) in [6.45, 7) is 3.51. The van der Waals surface area contributed by atoms with Crippen molar-refractivity contribution in [1.82, 2.24) is 25.2 Å². The largest absolute Gasteiger partial charge is 0.525 e. The van der Waals surface area contributed by atoms with E-state index in [1.54, 1.807) is 25.3 Å². The predicted molar refractivity (Wildman–Crippen MR) is 179 cm³/mol. The van der Waals surface area contributed by atoms with Crippen LogP contribution in [0.2, 0.25) is 0 Å². The minimum absolute atomic E-state index is 0.000930. The summed E-state index contributed by atoms with van der Waals surface area (Å²) in [4.78, 5) is 68.0. The van der Waals surface area contributed by atoms with Gasteiger partial charge < -0.3 is 39.2 Å². The smallest absolute Gasteiger partial charge is 0.448 e. The number of carbonyl (C=O) groups excluding carboxylic acids is 2. The van der Waals surface area contributed by atoms with Gasteiger partial charge in [-0.3, -0.25) is 14.2 Å². The maximum absolute atomic E-state index is 14.2. The molecule has 2 aliphatic rings. The number of benzene rings is 2. The fourth-order valence-electron chi connectivity index (χ4n) is 5.72. The van der Waals surface area contributed by atoms with Crippen molar-refractivity contribution in [1.29, 1.82) is 0 Å². The molecule has 1 aromatic heterocycles. The second kappa shape index (κ2) is 16.3. The van der Waals surface area contributed by atoms with Crippen LogP contribution >= 0.6 is 7.60 Å². The zero-order valence-electron chi connectivity index (χ0n) is 27.4. The summed E-state index contributed by atoms with van der Waals surface area (Å²) in [7, 11) is -2.78. The Morgan fingerprint density at radius 1 is 1.02 bits per heavy atom. The lowest BCUT2D eigenvalue weighted by molar-refractivity contribution is -0.154. The molecule has 16 heteroatoms. The highest BCUT2D eigenvalue weighted by atomic mass is 31.2. The Balaban J connectivity index is 1.51. The van der Waals surface area contributed by atoms with Crippen molar-refractivity contribution in [2.75, 3.05) is 57.9 Å². The number of hydrogen-bond donors (Lipinski definition) is 3. The molecule has 2 aromatic carbocycles. The molecule has 0 spiro atoms. The standard InChI is InChI=1S/C33H41N6O9P/c1-3-4-20-47-49(44,45)27-13-9-8-12-25(27)29(32(41)37-16-18-39(19-17-37)48-33(42)43)36-31(40)26-21-28(38-15-14-24(22-38)46-2)35-30(34-26)23-10-6-5-7-11-23/h5-13,21,24,29H,3-4,14-20,22H2,1-2H3,(H,36,40)(H,42,43)(H,44,45)/t24-,29?/m0/s1. The van der Waals surface area contributed by atoms with Crippen LogP contribution in [0, 0.1) is 0 Å². The molecule has 0 radical (unpaired) electrons. The van der Waals surface area contributed by atoms with E-state index in [9.17, 15) is 23.8 Å². The summed E-state index contributed by atoms with van der Waals surface area (Å²) >= 11 is 0. The maximum atomic E-state index is 14.2. The summed E-state index contributed by atoms with van der Waals surface area (Å²) in [6.07, 6.45) is 0.609. The van der Waals surface area contributed by atoms with Crippen molar-refractivity contribution in [2.24, 2.45) is 0 Å². The fraction of sp³-hybridized carbons (Fsp3) is 0.424. The van der Waals surface area contributed by atoms with Crippen molar-refractivity contribution in [3.63, 3.8) is 0 Å². The van der Waals surface area contributed by atoms with E-state index in [-0.39, 0.29) is 55.5 Å². The maximum Gasteiger partial charge on any atom is 0.525 e. The summed E-state index contributed by atoms with van der Waals surface area (Å²) in [6, 6.07) is 15.4. The van der Waals surface area contributed by atoms with Gasteiger partial charge in [-0.2, -0.15) is 0 Å².